The Balaban J connectivity index is 1.17. The second kappa shape index (κ2) is 9.95. The number of carbonyl (C=O) groups excluding carboxylic acids is 2. The second-order valence-corrected chi connectivity index (χ2v) is 9.84. The highest BCUT2D eigenvalue weighted by Gasteiger charge is 2.43. The van der Waals surface area contributed by atoms with Crippen LogP contribution < -0.4 is 10.1 Å². The minimum absolute atomic E-state index is 0.0755. The Labute approximate surface area is 213 Å². The number of fused-ring (bicyclic) bond motifs is 1. The molecule has 5 rings (SSSR count). The molecule has 3 amide bonds. The molecular weight excluding hydrogens is 483 g/mol. The van der Waals surface area contributed by atoms with Crippen LogP contribution in [0.4, 0.5) is 23.7 Å². The third kappa shape index (κ3) is 5.65. The van der Waals surface area contributed by atoms with Crippen molar-refractivity contribution < 1.29 is 27.5 Å². The van der Waals surface area contributed by atoms with Crippen molar-refractivity contribution in [1.29, 1.82) is 0 Å². The van der Waals surface area contributed by atoms with Crippen molar-refractivity contribution in [2.75, 3.05) is 31.5 Å². The zero-order chi connectivity index (χ0) is 26.0. The Hall–Kier alpha value is -3.75. The molecule has 3 aromatic rings. The summed E-state index contributed by atoms with van der Waals surface area (Å²) in [6.07, 6.45) is -2.61. The Morgan fingerprint density at radius 3 is 2.27 bits per heavy atom. The summed E-state index contributed by atoms with van der Waals surface area (Å²) < 4.78 is 42.3. The number of halogens is 3. The fourth-order valence-electron chi connectivity index (χ4n) is 5.42. The Kier molecular flexibility index (Phi) is 6.70. The van der Waals surface area contributed by atoms with Crippen molar-refractivity contribution in [2.45, 2.75) is 32.0 Å². The molecule has 0 unspecified atom stereocenters. The standard InChI is InChI=1S/C28H28F3N3O3/c29-28(30,31)37-24-11-4-2-7-21(24)18-25(35)34-17-14-27(19-34)12-15-33(16-13-27)26(36)32-23-10-5-8-20-6-1-3-9-22(20)23/h1-11H,12-19H2,(H,32,36). The molecule has 2 heterocycles. The van der Waals surface area contributed by atoms with Gasteiger partial charge in [0.1, 0.15) is 5.75 Å². The van der Waals surface area contributed by atoms with E-state index < -0.39 is 6.36 Å². The molecule has 6 nitrogen and oxygen atoms in total. The molecule has 2 saturated heterocycles. The highest BCUT2D eigenvalue weighted by Crippen LogP contribution is 2.41. The number of nitrogens with zero attached hydrogens (tertiary/aromatic N) is 2. The summed E-state index contributed by atoms with van der Waals surface area (Å²) in [5.41, 5.74) is 0.912. The van der Waals surface area contributed by atoms with Crippen molar-refractivity contribution in [1.82, 2.24) is 9.80 Å². The molecule has 1 spiro atoms. The summed E-state index contributed by atoms with van der Waals surface area (Å²) in [4.78, 5) is 29.5. The van der Waals surface area contributed by atoms with Crippen LogP contribution in [0.15, 0.2) is 66.7 Å². The number of carbonyl (C=O) groups is 2. The number of hydrogen-bond acceptors (Lipinski definition) is 3. The molecule has 0 saturated carbocycles. The van der Waals surface area contributed by atoms with Crippen LogP contribution in [0.2, 0.25) is 0 Å². The van der Waals surface area contributed by atoms with Gasteiger partial charge in [0.25, 0.3) is 0 Å². The quantitative estimate of drug-likeness (QED) is 0.480. The number of likely N-dealkylation sites (tertiary alicyclic amines) is 2. The van der Waals surface area contributed by atoms with Gasteiger partial charge in [0.2, 0.25) is 5.91 Å². The summed E-state index contributed by atoms with van der Waals surface area (Å²) in [5, 5.41) is 5.08. The largest absolute Gasteiger partial charge is 0.573 e. The van der Waals surface area contributed by atoms with Gasteiger partial charge >= 0.3 is 12.4 Å². The monoisotopic (exact) mass is 511 g/mol. The summed E-state index contributed by atoms with van der Waals surface area (Å²) in [5.74, 6) is -0.561. The summed E-state index contributed by atoms with van der Waals surface area (Å²) >= 11 is 0. The molecule has 9 heteroatoms. The van der Waals surface area contributed by atoms with Crippen LogP contribution in [0, 0.1) is 5.41 Å². The molecule has 3 aromatic carbocycles. The van der Waals surface area contributed by atoms with E-state index >= 15 is 0 Å². The van der Waals surface area contributed by atoms with Gasteiger partial charge in [-0.2, -0.15) is 0 Å². The number of ether oxygens (including phenoxy) is 1. The molecule has 0 atom stereocenters. The molecule has 2 aliphatic rings. The van der Waals surface area contributed by atoms with Gasteiger partial charge < -0.3 is 19.9 Å². The lowest BCUT2D eigenvalue weighted by molar-refractivity contribution is -0.274. The normalized spacial score (nSPS) is 17.3. The van der Waals surface area contributed by atoms with E-state index in [4.69, 9.17) is 0 Å². The van der Waals surface area contributed by atoms with Gasteiger partial charge in [0.15, 0.2) is 0 Å². The Morgan fingerprint density at radius 2 is 1.51 bits per heavy atom. The Morgan fingerprint density at radius 1 is 0.865 bits per heavy atom. The second-order valence-electron chi connectivity index (χ2n) is 9.84. The van der Waals surface area contributed by atoms with Crippen LogP contribution in [-0.4, -0.2) is 54.3 Å². The predicted octanol–water partition coefficient (Wildman–Crippen LogP) is 5.83. The van der Waals surface area contributed by atoms with Gasteiger partial charge in [0, 0.05) is 37.1 Å². The fraction of sp³-hybridized carbons (Fsp3) is 0.357. The highest BCUT2D eigenvalue weighted by molar-refractivity contribution is 6.01. The van der Waals surface area contributed by atoms with Crippen LogP contribution >= 0.6 is 0 Å². The van der Waals surface area contributed by atoms with E-state index in [1.54, 1.807) is 11.0 Å². The van der Waals surface area contributed by atoms with Crippen LogP contribution in [-0.2, 0) is 11.2 Å². The molecule has 2 aliphatic heterocycles. The number of nitrogens with one attached hydrogen (secondary N) is 1. The van der Waals surface area contributed by atoms with Crippen molar-refractivity contribution in [3.63, 3.8) is 0 Å². The van der Waals surface area contributed by atoms with Gasteiger partial charge in [-0.3, -0.25) is 4.79 Å². The van der Waals surface area contributed by atoms with Gasteiger partial charge in [-0.25, -0.2) is 4.79 Å². The first kappa shape index (κ1) is 24.9. The molecule has 37 heavy (non-hydrogen) atoms. The topological polar surface area (TPSA) is 61.9 Å². The maximum Gasteiger partial charge on any atom is 0.573 e. The highest BCUT2D eigenvalue weighted by atomic mass is 19.4. The zero-order valence-corrected chi connectivity index (χ0v) is 20.3. The SMILES string of the molecule is O=C(Cc1ccccc1OC(F)(F)F)N1CCC2(CCN(C(=O)Nc3cccc4ccccc34)CC2)C1. The van der Waals surface area contributed by atoms with Gasteiger partial charge in [-0.05, 0) is 42.2 Å². The van der Waals surface area contributed by atoms with Crippen LogP contribution in [0.1, 0.15) is 24.8 Å². The lowest BCUT2D eigenvalue weighted by Gasteiger charge is -2.39. The van der Waals surface area contributed by atoms with E-state index in [0.29, 0.717) is 26.2 Å². The number of urea groups is 1. The minimum Gasteiger partial charge on any atom is -0.405 e. The number of hydrogen-bond donors (Lipinski definition) is 1. The third-order valence-corrected chi connectivity index (χ3v) is 7.47. The van der Waals surface area contributed by atoms with E-state index in [1.807, 2.05) is 47.4 Å². The first-order chi connectivity index (χ1) is 17.7. The van der Waals surface area contributed by atoms with E-state index in [1.165, 1.54) is 18.2 Å². The van der Waals surface area contributed by atoms with Gasteiger partial charge in [-0.15, -0.1) is 13.2 Å². The van der Waals surface area contributed by atoms with Crippen molar-refractivity contribution in [3.8, 4) is 5.75 Å². The maximum absolute atomic E-state index is 13.0. The molecule has 2 fully saturated rings. The van der Waals surface area contributed by atoms with E-state index in [0.717, 1.165) is 35.7 Å². The molecule has 0 radical (unpaired) electrons. The summed E-state index contributed by atoms with van der Waals surface area (Å²) in [6, 6.07) is 19.3. The third-order valence-electron chi connectivity index (χ3n) is 7.47. The zero-order valence-electron chi connectivity index (χ0n) is 20.3. The van der Waals surface area contributed by atoms with Crippen molar-refractivity contribution in [3.05, 3.63) is 72.3 Å². The lowest BCUT2D eigenvalue weighted by atomic mass is 9.78. The average molecular weight is 512 g/mol. The number of rotatable bonds is 4. The van der Waals surface area contributed by atoms with Crippen LogP contribution in [0.25, 0.3) is 10.8 Å². The smallest absolute Gasteiger partial charge is 0.405 e. The summed E-state index contributed by atoms with van der Waals surface area (Å²) in [6.45, 7) is 2.28. The minimum atomic E-state index is -4.81. The van der Waals surface area contributed by atoms with Crippen molar-refractivity contribution >= 4 is 28.4 Å². The Bertz CT molecular complexity index is 1300. The number of alkyl halides is 3. The number of benzene rings is 3. The lowest BCUT2D eigenvalue weighted by Crippen LogP contribution is -2.46. The first-order valence-electron chi connectivity index (χ1n) is 12.4. The average Bonchev–Trinajstić information content (AvgIpc) is 3.28. The van der Waals surface area contributed by atoms with Gasteiger partial charge in [0.05, 0.1) is 12.1 Å². The molecule has 0 bridgehead atoms. The van der Waals surface area contributed by atoms with Crippen molar-refractivity contribution in [2.24, 2.45) is 5.41 Å². The number of piperidine rings is 1. The number of amides is 3. The molecule has 0 aliphatic carbocycles. The molecule has 194 valence electrons. The molecular formula is C28H28F3N3O3. The van der Waals surface area contributed by atoms with E-state index in [2.05, 4.69) is 10.1 Å². The van der Waals surface area contributed by atoms with Crippen LogP contribution in [0.5, 0.6) is 5.75 Å². The fourth-order valence-corrected chi connectivity index (χ4v) is 5.42. The first-order valence-corrected chi connectivity index (χ1v) is 12.4. The predicted molar refractivity (Wildman–Crippen MR) is 134 cm³/mol. The van der Waals surface area contributed by atoms with Gasteiger partial charge in [-0.1, -0.05) is 54.6 Å². The summed E-state index contributed by atoms with van der Waals surface area (Å²) in [7, 11) is 0. The van der Waals surface area contributed by atoms with E-state index in [-0.39, 0.29) is 35.1 Å². The number of para-hydroxylation sites is 1. The molecule has 0 aromatic heterocycles. The maximum atomic E-state index is 13.0. The number of anilines is 1. The van der Waals surface area contributed by atoms with Crippen LogP contribution in [0.3, 0.4) is 0 Å². The molecule has 1 N–H and O–H groups in total. The van der Waals surface area contributed by atoms with E-state index in [9.17, 15) is 22.8 Å².